The third kappa shape index (κ3) is 5.00. The number of Topliss-reactive ketones (excluding diaryl/α,β-unsaturated/α-hetero) is 1. The molecule has 1 saturated heterocycles. The van der Waals surface area contributed by atoms with Crippen molar-refractivity contribution in [1.29, 1.82) is 0 Å². The Bertz CT molecular complexity index is 968. The highest BCUT2D eigenvalue weighted by Crippen LogP contribution is 2.39. The van der Waals surface area contributed by atoms with Crippen molar-refractivity contribution < 1.29 is 19.4 Å². The first-order valence-electron chi connectivity index (χ1n) is 10.1. The monoisotopic (exact) mass is 421 g/mol. The highest BCUT2D eigenvalue weighted by molar-refractivity contribution is 6.46. The van der Waals surface area contributed by atoms with Crippen LogP contribution in [-0.4, -0.2) is 65.4 Å². The average molecular weight is 421 g/mol. The van der Waals surface area contributed by atoms with Gasteiger partial charge in [-0.25, -0.2) is 0 Å². The first-order valence-corrected chi connectivity index (χ1v) is 10.1. The summed E-state index contributed by atoms with van der Waals surface area (Å²) in [7, 11) is 3.91. The summed E-state index contributed by atoms with van der Waals surface area (Å²) in [6.07, 6.45) is 5.57. The first kappa shape index (κ1) is 22.2. The Morgan fingerprint density at radius 2 is 1.87 bits per heavy atom. The predicted molar refractivity (Wildman–Crippen MR) is 119 cm³/mol. The topological polar surface area (TPSA) is 83.0 Å². The van der Waals surface area contributed by atoms with Gasteiger partial charge in [0.2, 0.25) is 0 Å². The van der Waals surface area contributed by atoms with E-state index in [0.717, 1.165) is 12.1 Å². The molecule has 2 aromatic rings. The number of aliphatic hydroxyl groups is 1. The Hall–Kier alpha value is -3.45. The van der Waals surface area contributed by atoms with Crippen LogP contribution < -0.4 is 4.74 Å². The number of ketones is 1. The zero-order valence-corrected chi connectivity index (χ0v) is 17.8. The molecule has 31 heavy (non-hydrogen) atoms. The fourth-order valence-electron chi connectivity index (χ4n) is 3.58. The Morgan fingerprint density at radius 3 is 2.48 bits per heavy atom. The number of benzene rings is 1. The molecule has 1 N–H and O–H groups in total. The van der Waals surface area contributed by atoms with Crippen molar-refractivity contribution in [1.82, 2.24) is 14.8 Å². The van der Waals surface area contributed by atoms with Crippen LogP contribution in [0, 0.1) is 0 Å². The van der Waals surface area contributed by atoms with Crippen molar-refractivity contribution >= 4 is 17.4 Å². The van der Waals surface area contributed by atoms with E-state index in [2.05, 4.69) is 11.6 Å². The van der Waals surface area contributed by atoms with Gasteiger partial charge >= 0.3 is 0 Å². The molecular formula is C24H27N3O4. The van der Waals surface area contributed by atoms with Gasteiger partial charge in [0.1, 0.15) is 18.1 Å². The highest BCUT2D eigenvalue weighted by Gasteiger charge is 2.45. The lowest BCUT2D eigenvalue weighted by Crippen LogP contribution is -2.32. The van der Waals surface area contributed by atoms with E-state index in [0.29, 0.717) is 30.9 Å². The number of hydrogen-bond acceptors (Lipinski definition) is 6. The number of aromatic nitrogens is 1. The summed E-state index contributed by atoms with van der Waals surface area (Å²) in [6, 6.07) is 9.58. The van der Waals surface area contributed by atoms with Crippen LogP contribution in [0.25, 0.3) is 5.76 Å². The lowest BCUT2D eigenvalue weighted by Gasteiger charge is -2.25. The maximum Gasteiger partial charge on any atom is 0.295 e. The maximum atomic E-state index is 12.9. The van der Waals surface area contributed by atoms with Gasteiger partial charge in [-0.3, -0.25) is 14.6 Å². The molecule has 7 heteroatoms. The largest absolute Gasteiger partial charge is 0.507 e. The van der Waals surface area contributed by atoms with Crippen LogP contribution in [0.1, 0.15) is 23.6 Å². The van der Waals surface area contributed by atoms with Crippen molar-refractivity contribution in [3.63, 3.8) is 0 Å². The highest BCUT2D eigenvalue weighted by atomic mass is 16.5. The van der Waals surface area contributed by atoms with Gasteiger partial charge in [-0.2, -0.15) is 0 Å². The molecule has 1 aromatic carbocycles. The lowest BCUT2D eigenvalue weighted by molar-refractivity contribution is -0.139. The molecule has 1 aromatic heterocycles. The molecule has 0 saturated carbocycles. The molecule has 3 rings (SSSR count). The summed E-state index contributed by atoms with van der Waals surface area (Å²) >= 11 is 0. The average Bonchev–Trinajstić information content (AvgIpc) is 3.03. The van der Waals surface area contributed by atoms with E-state index < -0.39 is 17.7 Å². The standard InChI is InChI=1S/C24H27N3O4/c1-4-16-31-19-8-6-18(7-9-19)22(28)20-21(17-10-12-25-13-11-17)27(24(30)23(20)29)15-5-14-26(2)3/h4,6-13,21,28H,1,5,14-16H2,2-3H3/b22-20+/t21-/m1/s1. The number of nitrogens with zero attached hydrogens (tertiary/aromatic N) is 3. The number of carbonyl (C=O) groups is 2. The van der Waals surface area contributed by atoms with Gasteiger partial charge < -0.3 is 19.6 Å². The van der Waals surface area contributed by atoms with E-state index in [9.17, 15) is 14.7 Å². The third-order valence-corrected chi connectivity index (χ3v) is 5.06. The number of hydrogen-bond donors (Lipinski definition) is 1. The van der Waals surface area contributed by atoms with Crippen LogP contribution >= 0.6 is 0 Å². The van der Waals surface area contributed by atoms with Gasteiger partial charge in [-0.15, -0.1) is 0 Å². The number of pyridine rings is 1. The molecule has 0 unspecified atom stereocenters. The second-order valence-corrected chi connectivity index (χ2v) is 7.55. The van der Waals surface area contributed by atoms with Gasteiger partial charge in [0.25, 0.3) is 11.7 Å². The van der Waals surface area contributed by atoms with E-state index in [4.69, 9.17) is 4.74 Å². The summed E-state index contributed by atoms with van der Waals surface area (Å²) in [4.78, 5) is 33.4. The summed E-state index contributed by atoms with van der Waals surface area (Å²) in [5.41, 5.74) is 1.25. The molecule has 1 aliphatic rings. The Balaban J connectivity index is 2.00. The van der Waals surface area contributed by atoms with Crippen molar-refractivity contribution in [2.24, 2.45) is 0 Å². The van der Waals surface area contributed by atoms with Gasteiger partial charge in [0, 0.05) is 24.5 Å². The lowest BCUT2D eigenvalue weighted by atomic mass is 9.96. The number of amides is 1. The molecule has 2 heterocycles. The molecule has 1 aliphatic heterocycles. The molecule has 1 amide bonds. The molecule has 0 spiro atoms. The van der Waals surface area contributed by atoms with Crippen LogP contribution in [0.4, 0.5) is 0 Å². The summed E-state index contributed by atoms with van der Waals surface area (Å²) < 4.78 is 5.47. The quantitative estimate of drug-likeness (QED) is 0.290. The summed E-state index contributed by atoms with van der Waals surface area (Å²) in [5, 5.41) is 11.0. The molecule has 0 bridgehead atoms. The minimum atomic E-state index is -0.684. The molecule has 1 fully saturated rings. The second-order valence-electron chi connectivity index (χ2n) is 7.55. The van der Waals surface area contributed by atoms with Crippen LogP contribution in [0.3, 0.4) is 0 Å². The van der Waals surface area contributed by atoms with Crippen LogP contribution in [0.5, 0.6) is 5.75 Å². The van der Waals surface area contributed by atoms with Crippen molar-refractivity contribution in [3.05, 3.63) is 78.1 Å². The maximum absolute atomic E-state index is 12.9. The molecular weight excluding hydrogens is 394 g/mol. The number of likely N-dealkylation sites (tertiary alicyclic amines) is 1. The zero-order valence-electron chi connectivity index (χ0n) is 17.8. The SMILES string of the molecule is C=CCOc1ccc(/C(O)=C2\C(=O)C(=O)N(CCCN(C)C)[C@@H]2c2ccncc2)cc1. The van der Waals surface area contributed by atoms with Gasteiger partial charge in [-0.1, -0.05) is 12.7 Å². The molecule has 0 aliphatic carbocycles. The number of rotatable bonds is 9. The number of carbonyl (C=O) groups excluding carboxylic acids is 2. The first-order chi connectivity index (χ1) is 14.9. The van der Waals surface area contributed by atoms with Crippen LogP contribution in [0.2, 0.25) is 0 Å². The summed E-state index contributed by atoms with van der Waals surface area (Å²) in [5.74, 6) is -0.874. The van der Waals surface area contributed by atoms with Crippen LogP contribution in [-0.2, 0) is 9.59 Å². The van der Waals surface area contributed by atoms with Gasteiger partial charge in [0.05, 0.1) is 11.6 Å². The fraction of sp³-hybridized carbons (Fsp3) is 0.292. The van der Waals surface area contributed by atoms with Crippen molar-refractivity contribution in [3.8, 4) is 5.75 Å². The van der Waals surface area contributed by atoms with Crippen LogP contribution in [0.15, 0.2) is 67.0 Å². The van der Waals surface area contributed by atoms with E-state index in [1.165, 1.54) is 4.90 Å². The Morgan fingerprint density at radius 1 is 1.19 bits per heavy atom. The molecule has 1 atom stereocenters. The van der Waals surface area contributed by atoms with Gasteiger partial charge in [-0.05, 0) is 69.0 Å². The van der Waals surface area contributed by atoms with E-state index >= 15 is 0 Å². The van der Waals surface area contributed by atoms with E-state index in [1.54, 1.807) is 54.9 Å². The fourth-order valence-corrected chi connectivity index (χ4v) is 3.58. The van der Waals surface area contributed by atoms with E-state index in [1.807, 2.05) is 19.0 Å². The van der Waals surface area contributed by atoms with Gasteiger partial charge in [0.15, 0.2) is 0 Å². The smallest absolute Gasteiger partial charge is 0.295 e. The second kappa shape index (κ2) is 10.0. The minimum absolute atomic E-state index is 0.0841. The Labute approximate surface area is 182 Å². The molecule has 0 radical (unpaired) electrons. The van der Waals surface area contributed by atoms with Crippen molar-refractivity contribution in [2.75, 3.05) is 33.8 Å². The van der Waals surface area contributed by atoms with Crippen molar-refractivity contribution in [2.45, 2.75) is 12.5 Å². The molecule has 7 nitrogen and oxygen atoms in total. The number of aliphatic hydroxyl groups excluding tert-OH is 1. The number of ether oxygens (including phenoxy) is 1. The van der Waals surface area contributed by atoms with E-state index in [-0.39, 0.29) is 11.3 Å². The zero-order chi connectivity index (χ0) is 22.4. The third-order valence-electron chi connectivity index (χ3n) is 5.06. The summed E-state index contributed by atoms with van der Waals surface area (Å²) in [6.45, 7) is 5.16. The Kier molecular flexibility index (Phi) is 7.20. The molecule has 162 valence electrons. The predicted octanol–water partition coefficient (Wildman–Crippen LogP) is 3.02. The minimum Gasteiger partial charge on any atom is -0.507 e. The normalized spacial score (nSPS) is 17.9.